The van der Waals surface area contributed by atoms with Crippen LogP contribution in [-0.4, -0.2) is 15.4 Å². The van der Waals surface area contributed by atoms with Gasteiger partial charge in [-0.2, -0.15) is 0 Å². The van der Waals surface area contributed by atoms with Gasteiger partial charge in [0, 0.05) is 10.5 Å². The maximum absolute atomic E-state index is 3.51. The Bertz CT molecular complexity index is 145. The Morgan fingerprint density at radius 1 is 1.30 bits per heavy atom. The lowest BCUT2D eigenvalue weighted by molar-refractivity contribution is 0.521. The molecule has 0 radical (unpaired) electrons. The molecule has 1 fully saturated rings. The van der Waals surface area contributed by atoms with Crippen LogP contribution in [0.15, 0.2) is 0 Å². The van der Waals surface area contributed by atoms with Gasteiger partial charge in [0.1, 0.15) is 0 Å². The second kappa shape index (κ2) is 2.36. The summed E-state index contributed by atoms with van der Waals surface area (Å²) in [6, 6.07) is 0. The summed E-state index contributed by atoms with van der Waals surface area (Å²) in [5.41, 5.74) is 0. The molecule has 0 aliphatic carbocycles. The van der Waals surface area contributed by atoms with Crippen molar-refractivity contribution < 1.29 is 0 Å². The predicted molar refractivity (Wildman–Crippen MR) is 52.4 cm³/mol. The van der Waals surface area contributed by atoms with E-state index < -0.39 is 0 Å². The molecule has 2 atom stereocenters. The topological polar surface area (TPSA) is 12.0 Å². The van der Waals surface area contributed by atoms with E-state index in [4.69, 9.17) is 0 Å². The predicted octanol–water partition coefficient (Wildman–Crippen LogP) is 2.04. The summed E-state index contributed by atoms with van der Waals surface area (Å²) in [4.78, 5) is 0.246. The Labute approximate surface area is 69.9 Å². The van der Waals surface area contributed by atoms with Gasteiger partial charge in [0.15, 0.2) is 0 Å². The van der Waals surface area contributed by atoms with Gasteiger partial charge in [-0.25, -0.2) is 0 Å². The van der Waals surface area contributed by atoms with Crippen molar-refractivity contribution in [3.63, 3.8) is 0 Å². The molecule has 0 amide bonds. The van der Waals surface area contributed by atoms with Crippen LogP contribution in [0.4, 0.5) is 0 Å². The molecule has 1 heterocycles. The fourth-order valence-electron chi connectivity index (χ4n) is 1.30. The molecule has 0 aromatic carbocycles. The van der Waals surface area contributed by atoms with Gasteiger partial charge in [0.2, 0.25) is 0 Å². The molecule has 2 unspecified atom stereocenters. The fraction of sp³-hybridized carbons (Fsp3) is 1.00. The largest absolute Gasteiger partial charge is 0.296 e. The van der Waals surface area contributed by atoms with Crippen LogP contribution in [0, 0.1) is 0 Å². The first kappa shape index (κ1) is 8.83. The molecule has 1 N–H and O–H groups in total. The summed E-state index contributed by atoms with van der Waals surface area (Å²) in [5.74, 6) is 0.535. The van der Waals surface area contributed by atoms with Crippen molar-refractivity contribution in [2.75, 3.05) is 0 Å². The lowest BCUT2D eigenvalue weighted by Gasteiger charge is -2.21. The molecule has 60 valence electrons. The van der Waals surface area contributed by atoms with Crippen molar-refractivity contribution in [3.8, 4) is 0 Å². The summed E-state index contributed by atoms with van der Waals surface area (Å²) in [5, 5.41) is 3.51. The van der Waals surface area contributed by atoms with Crippen molar-refractivity contribution in [3.05, 3.63) is 0 Å². The molecule has 0 spiro atoms. The highest BCUT2D eigenvalue weighted by atomic mass is 32.2. The van der Waals surface area contributed by atoms with Crippen LogP contribution in [0.5, 0.6) is 0 Å². The number of rotatable bonds is 0. The van der Waals surface area contributed by atoms with Crippen molar-refractivity contribution in [1.82, 2.24) is 5.32 Å². The number of hydrogen-bond acceptors (Lipinski definition) is 2. The zero-order valence-corrected chi connectivity index (χ0v) is 9.03. The molecule has 1 saturated heterocycles. The average Bonchev–Trinajstić information content (AvgIpc) is 1.73. The molecule has 1 nitrogen and oxygen atoms in total. The summed E-state index contributed by atoms with van der Waals surface area (Å²) < 4.78 is 0.355. The van der Waals surface area contributed by atoms with Gasteiger partial charge >= 0.3 is 0 Å². The van der Waals surface area contributed by atoms with E-state index in [1.807, 2.05) is 11.8 Å². The monoisotopic (exact) mass is 177 g/mol. The van der Waals surface area contributed by atoms with Gasteiger partial charge in [0.05, 0.1) is 4.87 Å². The molecule has 10 heavy (non-hydrogen) atoms. The first-order valence-corrected chi connectivity index (χ1v) is 5.05. The first-order chi connectivity index (χ1) is 4.33. The number of nitrogens with one attached hydrogen (secondary N) is 1. The second-order valence-electron chi connectivity index (χ2n) is 3.84. The van der Waals surface area contributed by atoms with Gasteiger partial charge in [-0.15, -0.1) is 21.0 Å². The van der Waals surface area contributed by atoms with E-state index in [1.165, 1.54) is 0 Å². The standard InChI is InChI=1S/C7H16NPS/c1-6(2)5(9)8-7(3,4)10-6/h5,8H,9H2,1-4H3. The summed E-state index contributed by atoms with van der Waals surface area (Å²) >= 11 is 2.00. The maximum atomic E-state index is 3.51. The van der Waals surface area contributed by atoms with Crippen molar-refractivity contribution >= 4 is 21.0 Å². The van der Waals surface area contributed by atoms with E-state index in [9.17, 15) is 0 Å². The Balaban J connectivity index is 2.71. The molecule has 1 aliphatic rings. The quantitative estimate of drug-likeness (QED) is 0.568. The molecule has 0 bridgehead atoms. The van der Waals surface area contributed by atoms with Crippen LogP contribution >= 0.6 is 21.0 Å². The molecular weight excluding hydrogens is 161 g/mol. The van der Waals surface area contributed by atoms with Crippen LogP contribution in [0.3, 0.4) is 0 Å². The van der Waals surface area contributed by atoms with Crippen LogP contribution in [0.25, 0.3) is 0 Å². The number of hydrogen-bond donors (Lipinski definition) is 1. The van der Waals surface area contributed by atoms with E-state index in [2.05, 4.69) is 42.3 Å². The maximum Gasteiger partial charge on any atom is 0.0599 e. The van der Waals surface area contributed by atoms with E-state index in [0.717, 1.165) is 0 Å². The molecule has 3 heteroatoms. The minimum atomic E-state index is 0.246. The highest BCUT2D eigenvalue weighted by Crippen LogP contribution is 2.45. The molecule has 1 rings (SSSR count). The third-order valence-corrected chi connectivity index (χ3v) is 4.42. The third-order valence-electron chi connectivity index (χ3n) is 1.77. The fourth-order valence-corrected chi connectivity index (χ4v) is 3.73. The van der Waals surface area contributed by atoms with Gasteiger partial charge in [0.25, 0.3) is 0 Å². The van der Waals surface area contributed by atoms with Gasteiger partial charge < -0.3 is 0 Å². The molecule has 1 aliphatic heterocycles. The molecule has 0 aromatic rings. The second-order valence-corrected chi connectivity index (χ2v) is 6.78. The summed E-state index contributed by atoms with van der Waals surface area (Å²) in [6.45, 7) is 9.00. The van der Waals surface area contributed by atoms with E-state index >= 15 is 0 Å². The molecular formula is C7H16NPS. The normalized spacial score (nSPS) is 36.3. The Kier molecular flexibility index (Phi) is 2.09. The van der Waals surface area contributed by atoms with Gasteiger partial charge in [-0.05, 0) is 27.7 Å². The minimum absolute atomic E-state index is 0.246. The highest BCUT2D eigenvalue weighted by Gasteiger charge is 2.42. The van der Waals surface area contributed by atoms with Crippen LogP contribution in [0.1, 0.15) is 27.7 Å². The highest BCUT2D eigenvalue weighted by molar-refractivity contribution is 8.02. The Hall–Kier alpha value is 0.740. The smallest absolute Gasteiger partial charge is 0.0599 e. The lowest BCUT2D eigenvalue weighted by Crippen LogP contribution is -2.36. The Morgan fingerprint density at radius 2 is 1.80 bits per heavy atom. The SMILES string of the molecule is CC1(C)NC(P)C(C)(C)S1. The minimum Gasteiger partial charge on any atom is -0.296 e. The molecule has 0 aromatic heterocycles. The van der Waals surface area contributed by atoms with E-state index in [-0.39, 0.29) is 4.87 Å². The van der Waals surface area contributed by atoms with Crippen molar-refractivity contribution in [1.29, 1.82) is 0 Å². The zero-order chi connectivity index (χ0) is 7.99. The van der Waals surface area contributed by atoms with Crippen molar-refractivity contribution in [2.24, 2.45) is 0 Å². The van der Waals surface area contributed by atoms with Gasteiger partial charge in [-0.3, -0.25) is 5.32 Å². The summed E-state index contributed by atoms with van der Waals surface area (Å²) in [7, 11) is 2.85. The molecule has 0 saturated carbocycles. The zero-order valence-electron chi connectivity index (χ0n) is 7.06. The van der Waals surface area contributed by atoms with Crippen LogP contribution in [-0.2, 0) is 0 Å². The van der Waals surface area contributed by atoms with E-state index in [0.29, 0.717) is 10.5 Å². The average molecular weight is 177 g/mol. The van der Waals surface area contributed by atoms with Gasteiger partial charge in [-0.1, -0.05) is 0 Å². The van der Waals surface area contributed by atoms with Crippen LogP contribution in [0.2, 0.25) is 0 Å². The number of thioether (sulfide) groups is 1. The Morgan fingerprint density at radius 3 is 1.90 bits per heavy atom. The van der Waals surface area contributed by atoms with Crippen LogP contribution < -0.4 is 5.32 Å². The third kappa shape index (κ3) is 1.66. The van der Waals surface area contributed by atoms with Crippen molar-refractivity contribution in [2.45, 2.75) is 43.1 Å². The lowest BCUT2D eigenvalue weighted by atomic mass is 10.2. The summed E-state index contributed by atoms with van der Waals surface area (Å²) in [6.07, 6.45) is 0. The van der Waals surface area contributed by atoms with E-state index in [1.54, 1.807) is 0 Å². The first-order valence-electron chi connectivity index (χ1n) is 3.57.